The topological polar surface area (TPSA) is 122 Å². The summed E-state index contributed by atoms with van der Waals surface area (Å²) in [7, 11) is 0. The predicted molar refractivity (Wildman–Crippen MR) is 119 cm³/mol. The zero-order valence-electron chi connectivity index (χ0n) is 18.0. The van der Waals surface area contributed by atoms with Gasteiger partial charge in [-0.1, -0.05) is 24.3 Å². The molecule has 168 valence electrons. The normalized spacial score (nSPS) is 16.7. The number of carbonyl (C=O) groups excluding carboxylic acids is 1. The third kappa shape index (κ3) is 3.91. The Morgan fingerprint density at radius 3 is 2.73 bits per heavy atom. The summed E-state index contributed by atoms with van der Waals surface area (Å²) in [5, 5.41) is 2.74. The Morgan fingerprint density at radius 1 is 1.18 bits per heavy atom. The highest BCUT2D eigenvalue weighted by Crippen LogP contribution is 2.44. The predicted octanol–water partition coefficient (Wildman–Crippen LogP) is 3.62. The molecule has 1 unspecified atom stereocenters. The fourth-order valence-corrected chi connectivity index (χ4v) is 3.58. The first kappa shape index (κ1) is 22.0. The second-order valence-electron chi connectivity index (χ2n) is 7.78. The van der Waals surface area contributed by atoms with Crippen molar-refractivity contribution in [3.63, 3.8) is 0 Å². The number of rotatable bonds is 4. The number of halogens is 2. The molecule has 1 aliphatic heterocycles. The number of nitrogens with zero attached hydrogens (tertiary/aromatic N) is 4. The van der Waals surface area contributed by atoms with Crippen molar-refractivity contribution in [3.05, 3.63) is 83.6 Å². The standard InChI is InChI=1S/C23H21F2N7O/c1-12(2)23(3)17-19(26)30-20(31-21(17)32-22(23)33)15-7-8-27-9-10-28-16(29-15)11-13-5-4-6-14(24)18(13)25/h4-10H,1,11H2,2-3H3,(H,28,29)(H3,26,30,31,32,33). The number of H-pyrrole nitrogens is 1. The average Bonchev–Trinajstić information content (AvgIpc) is 3.09. The Morgan fingerprint density at radius 2 is 1.97 bits per heavy atom. The third-order valence-electron chi connectivity index (χ3n) is 5.60. The van der Waals surface area contributed by atoms with Gasteiger partial charge in [-0.3, -0.25) is 9.78 Å². The second kappa shape index (κ2) is 8.38. The fourth-order valence-electron chi connectivity index (χ4n) is 3.58. The van der Waals surface area contributed by atoms with Crippen LogP contribution < -0.4 is 11.1 Å². The van der Waals surface area contributed by atoms with Gasteiger partial charge in [0.05, 0.1) is 16.7 Å². The van der Waals surface area contributed by atoms with E-state index in [0.29, 0.717) is 22.7 Å². The highest BCUT2D eigenvalue weighted by molar-refractivity contribution is 6.08. The van der Waals surface area contributed by atoms with Gasteiger partial charge in [0.1, 0.15) is 17.5 Å². The first-order valence-electron chi connectivity index (χ1n) is 10.0. The first-order valence-corrected chi connectivity index (χ1v) is 10.0. The van der Waals surface area contributed by atoms with Crippen LogP contribution >= 0.6 is 0 Å². The number of fused-ring (bicyclic) bond motifs is 1. The van der Waals surface area contributed by atoms with Crippen molar-refractivity contribution in [2.75, 3.05) is 11.1 Å². The summed E-state index contributed by atoms with van der Waals surface area (Å²) in [5.41, 5.74) is 6.72. The van der Waals surface area contributed by atoms with E-state index in [1.54, 1.807) is 19.9 Å². The number of aromatic amines is 1. The molecule has 2 aromatic heterocycles. The Labute approximate surface area is 188 Å². The molecule has 0 bridgehead atoms. The molecule has 8 nitrogen and oxygen atoms in total. The van der Waals surface area contributed by atoms with Crippen molar-refractivity contribution in [1.29, 1.82) is 0 Å². The summed E-state index contributed by atoms with van der Waals surface area (Å²) in [6.45, 7) is 7.37. The molecule has 0 spiro atoms. The van der Waals surface area contributed by atoms with Crippen LogP contribution in [0.15, 0.2) is 55.0 Å². The number of hydrogen-bond donors (Lipinski definition) is 3. The maximum Gasteiger partial charge on any atom is 0.240 e. The Balaban J connectivity index is 1.84. The van der Waals surface area contributed by atoms with Crippen LogP contribution in [0.4, 0.5) is 20.4 Å². The summed E-state index contributed by atoms with van der Waals surface area (Å²) in [6.07, 6.45) is 4.32. The van der Waals surface area contributed by atoms with E-state index in [1.807, 2.05) is 0 Å². The van der Waals surface area contributed by atoms with E-state index in [2.05, 4.69) is 36.8 Å². The van der Waals surface area contributed by atoms with Gasteiger partial charge < -0.3 is 16.0 Å². The summed E-state index contributed by atoms with van der Waals surface area (Å²) in [4.78, 5) is 32.9. The van der Waals surface area contributed by atoms with Crippen LogP contribution in [0, 0.1) is 11.6 Å². The maximum atomic E-state index is 14.2. The van der Waals surface area contributed by atoms with E-state index < -0.39 is 17.0 Å². The highest BCUT2D eigenvalue weighted by atomic mass is 19.2. The molecule has 1 amide bonds. The van der Waals surface area contributed by atoms with Crippen molar-refractivity contribution in [1.82, 2.24) is 24.9 Å². The lowest BCUT2D eigenvalue weighted by Gasteiger charge is -2.22. The molecule has 3 heterocycles. The molecule has 0 aliphatic carbocycles. The Hall–Kier alpha value is -4.21. The molecule has 33 heavy (non-hydrogen) atoms. The van der Waals surface area contributed by atoms with Crippen LogP contribution in [0.25, 0.3) is 11.5 Å². The fraction of sp³-hybridized carbons (Fsp3) is 0.174. The van der Waals surface area contributed by atoms with Gasteiger partial charge in [0, 0.05) is 25.0 Å². The third-order valence-corrected chi connectivity index (χ3v) is 5.60. The van der Waals surface area contributed by atoms with Crippen molar-refractivity contribution >= 4 is 17.5 Å². The van der Waals surface area contributed by atoms with Gasteiger partial charge >= 0.3 is 0 Å². The van der Waals surface area contributed by atoms with Gasteiger partial charge in [0.15, 0.2) is 17.5 Å². The van der Waals surface area contributed by atoms with Crippen molar-refractivity contribution < 1.29 is 13.6 Å². The molecule has 1 aromatic carbocycles. The molecule has 1 atom stereocenters. The summed E-state index contributed by atoms with van der Waals surface area (Å²) in [5.74, 6) is -1.34. The number of nitrogen functional groups attached to an aromatic ring is 1. The minimum atomic E-state index is -1.05. The van der Waals surface area contributed by atoms with Crippen LogP contribution in [0.1, 0.15) is 30.8 Å². The minimum Gasteiger partial charge on any atom is -0.383 e. The zero-order valence-corrected chi connectivity index (χ0v) is 18.0. The monoisotopic (exact) mass is 449 g/mol. The highest BCUT2D eigenvalue weighted by Gasteiger charge is 2.46. The molecule has 0 saturated carbocycles. The largest absolute Gasteiger partial charge is 0.383 e. The molecule has 4 rings (SSSR count). The number of nitrogens with two attached hydrogens (primary N) is 1. The number of benzene rings is 1. The van der Waals surface area contributed by atoms with E-state index in [0.717, 1.165) is 6.07 Å². The molecule has 10 heteroatoms. The number of nitrogens with one attached hydrogen (secondary N) is 2. The molecular weight excluding hydrogens is 428 g/mol. The number of carbonyl (C=O) groups is 1. The lowest BCUT2D eigenvalue weighted by atomic mass is 9.79. The number of aromatic nitrogens is 5. The molecular formula is C23H21F2N7O. The lowest BCUT2D eigenvalue weighted by Crippen LogP contribution is -2.32. The number of hydrogen-bond acceptors (Lipinski definition) is 6. The van der Waals surface area contributed by atoms with Gasteiger partial charge in [0.2, 0.25) is 5.91 Å². The van der Waals surface area contributed by atoms with Crippen molar-refractivity contribution in [2.24, 2.45) is 0 Å². The summed E-state index contributed by atoms with van der Waals surface area (Å²) in [6, 6.07) is 5.52. The quantitative estimate of drug-likeness (QED) is 0.523. The summed E-state index contributed by atoms with van der Waals surface area (Å²) >= 11 is 0. The van der Waals surface area contributed by atoms with Gasteiger partial charge in [0.25, 0.3) is 0 Å². The number of anilines is 2. The van der Waals surface area contributed by atoms with Crippen LogP contribution in [0.3, 0.4) is 0 Å². The summed E-state index contributed by atoms with van der Waals surface area (Å²) < 4.78 is 27.9. The van der Waals surface area contributed by atoms with E-state index in [-0.39, 0.29) is 35.4 Å². The van der Waals surface area contributed by atoms with Gasteiger partial charge in [-0.15, -0.1) is 0 Å². The molecule has 0 fully saturated rings. The Kier molecular flexibility index (Phi) is 5.59. The van der Waals surface area contributed by atoms with E-state index in [1.165, 1.54) is 30.7 Å². The van der Waals surface area contributed by atoms with Crippen LogP contribution in [-0.2, 0) is 16.6 Å². The first-order chi connectivity index (χ1) is 15.7. The molecule has 3 aromatic rings. The van der Waals surface area contributed by atoms with Gasteiger partial charge in [-0.2, -0.15) is 0 Å². The van der Waals surface area contributed by atoms with Crippen LogP contribution in [0.5, 0.6) is 0 Å². The van der Waals surface area contributed by atoms with Gasteiger partial charge in [-0.05, 0) is 31.5 Å². The number of amides is 1. The van der Waals surface area contributed by atoms with Gasteiger partial charge in [-0.25, -0.2) is 23.7 Å². The minimum absolute atomic E-state index is 0.0316. The van der Waals surface area contributed by atoms with Crippen LogP contribution in [-0.4, -0.2) is 30.8 Å². The van der Waals surface area contributed by atoms with Crippen LogP contribution in [0.2, 0.25) is 0 Å². The van der Waals surface area contributed by atoms with E-state index in [9.17, 15) is 13.6 Å². The lowest BCUT2D eigenvalue weighted by molar-refractivity contribution is -0.119. The van der Waals surface area contributed by atoms with Crippen molar-refractivity contribution in [2.45, 2.75) is 25.7 Å². The molecule has 4 N–H and O–H groups in total. The maximum absolute atomic E-state index is 14.2. The van der Waals surface area contributed by atoms with E-state index >= 15 is 0 Å². The van der Waals surface area contributed by atoms with E-state index in [4.69, 9.17) is 5.73 Å². The molecule has 1 aliphatic rings. The molecule has 0 radical (unpaired) electrons. The smallest absolute Gasteiger partial charge is 0.240 e. The average molecular weight is 449 g/mol. The molecule has 0 saturated heterocycles. The SMILES string of the molecule is C=C(C)C1(C)C(=O)Nc2nc(-c3ccnccnc(Cc4cccc(F)c4F)[nH]3)nc(N)c21. The Bertz CT molecular complexity index is 1340. The zero-order chi connectivity index (χ0) is 23.8. The second-order valence-corrected chi connectivity index (χ2v) is 7.78. The van der Waals surface area contributed by atoms with Crippen molar-refractivity contribution in [3.8, 4) is 11.5 Å².